The summed E-state index contributed by atoms with van der Waals surface area (Å²) in [6, 6.07) is 0. The van der Waals surface area contributed by atoms with Crippen LogP contribution in [0.25, 0.3) is 0 Å². The zero-order valence-electron chi connectivity index (χ0n) is 8.27. The minimum Gasteiger partial charge on any atom is -0.460 e. The molecule has 1 aromatic rings. The highest BCUT2D eigenvalue weighted by Gasteiger charge is 2.26. The summed E-state index contributed by atoms with van der Waals surface area (Å²) in [7, 11) is 0. The highest BCUT2D eigenvalue weighted by Crippen LogP contribution is 2.16. The van der Waals surface area contributed by atoms with Crippen LogP contribution in [0.5, 0.6) is 0 Å². The van der Waals surface area contributed by atoms with Gasteiger partial charge in [-0.05, 0) is 25.9 Å². The number of hydrogen-bond donors (Lipinski definition) is 1. The van der Waals surface area contributed by atoms with Gasteiger partial charge < -0.3 is 14.4 Å². The Bertz CT molecular complexity index is 326. The number of aliphatic hydroxyl groups is 1. The van der Waals surface area contributed by atoms with Gasteiger partial charge in [0.25, 0.3) is 11.7 Å². The number of hydrogen-bond acceptors (Lipinski definition) is 6. The summed E-state index contributed by atoms with van der Waals surface area (Å²) in [5.74, 6) is -0.851. The van der Waals surface area contributed by atoms with Crippen molar-refractivity contribution >= 4 is 5.97 Å². The van der Waals surface area contributed by atoms with Crippen molar-refractivity contribution in [1.29, 1.82) is 0 Å². The van der Waals surface area contributed by atoms with E-state index < -0.39 is 11.6 Å². The normalized spacial score (nSPS) is 11.4. The minimum absolute atomic E-state index is 0.0134. The van der Waals surface area contributed by atoms with E-state index in [2.05, 4.69) is 19.4 Å². The molecule has 0 aromatic carbocycles. The van der Waals surface area contributed by atoms with Gasteiger partial charge in [-0.25, -0.2) is 4.79 Å². The first-order chi connectivity index (χ1) is 6.45. The van der Waals surface area contributed by atoms with E-state index in [0.29, 0.717) is 0 Å². The summed E-state index contributed by atoms with van der Waals surface area (Å²) in [6.07, 6.45) is 0. The summed E-state index contributed by atoms with van der Waals surface area (Å²) < 4.78 is 9.33. The van der Waals surface area contributed by atoms with E-state index in [0.717, 1.165) is 0 Å². The van der Waals surface area contributed by atoms with Crippen LogP contribution in [0.4, 0.5) is 0 Å². The van der Waals surface area contributed by atoms with Crippen LogP contribution in [0.3, 0.4) is 0 Å². The molecule has 0 bridgehead atoms. The second kappa shape index (κ2) is 3.75. The molecule has 0 saturated carbocycles. The first kappa shape index (κ1) is 10.6. The summed E-state index contributed by atoms with van der Waals surface area (Å²) >= 11 is 0. The molecule has 0 aliphatic carbocycles. The molecular weight excluding hydrogens is 188 g/mol. The van der Waals surface area contributed by atoms with E-state index in [1.807, 2.05) is 0 Å². The van der Waals surface area contributed by atoms with Crippen LogP contribution < -0.4 is 0 Å². The standard InChI is InChI=1S/C8H12N2O4/c1-4-13-6(11)5-9-7(14-10-5)8(2,3)12/h12H,4H2,1-3H3. The summed E-state index contributed by atoms with van der Waals surface area (Å²) in [4.78, 5) is 14.8. The average Bonchev–Trinajstić information content (AvgIpc) is 2.51. The molecule has 6 heteroatoms. The lowest BCUT2D eigenvalue weighted by Gasteiger charge is -2.09. The second-order valence-electron chi connectivity index (χ2n) is 3.20. The van der Waals surface area contributed by atoms with Gasteiger partial charge in [0, 0.05) is 0 Å². The fourth-order valence-electron chi connectivity index (χ4n) is 0.751. The van der Waals surface area contributed by atoms with Crippen molar-refractivity contribution in [3.63, 3.8) is 0 Å². The Hall–Kier alpha value is -1.43. The Morgan fingerprint density at radius 2 is 2.29 bits per heavy atom. The number of aromatic nitrogens is 2. The Balaban J connectivity index is 2.83. The Kier molecular flexibility index (Phi) is 2.85. The van der Waals surface area contributed by atoms with Gasteiger partial charge in [0.05, 0.1) is 6.61 Å². The Morgan fingerprint density at radius 1 is 1.64 bits per heavy atom. The maximum Gasteiger partial charge on any atom is 0.379 e. The van der Waals surface area contributed by atoms with Crippen LogP contribution in [0.15, 0.2) is 4.52 Å². The predicted molar refractivity (Wildman–Crippen MR) is 45.5 cm³/mol. The molecule has 0 fully saturated rings. The quantitative estimate of drug-likeness (QED) is 0.714. The van der Waals surface area contributed by atoms with E-state index >= 15 is 0 Å². The van der Waals surface area contributed by atoms with E-state index in [-0.39, 0.29) is 18.3 Å². The van der Waals surface area contributed by atoms with Gasteiger partial charge >= 0.3 is 5.97 Å². The molecule has 0 aliphatic heterocycles. The van der Waals surface area contributed by atoms with Crippen molar-refractivity contribution < 1.29 is 19.2 Å². The van der Waals surface area contributed by atoms with Crippen LogP contribution in [-0.4, -0.2) is 27.8 Å². The number of esters is 1. The first-order valence-electron chi connectivity index (χ1n) is 4.19. The van der Waals surface area contributed by atoms with Gasteiger partial charge in [-0.2, -0.15) is 4.98 Å². The molecule has 1 heterocycles. The van der Waals surface area contributed by atoms with Crippen molar-refractivity contribution in [3.8, 4) is 0 Å². The molecule has 0 spiro atoms. The SMILES string of the molecule is CCOC(=O)c1noc(C(C)(C)O)n1. The number of carbonyl (C=O) groups excluding carboxylic acids is 1. The maximum atomic E-state index is 11.1. The summed E-state index contributed by atoms with van der Waals surface area (Å²) in [5, 5.41) is 12.8. The lowest BCUT2D eigenvalue weighted by atomic mass is 10.1. The number of rotatable bonds is 3. The zero-order valence-corrected chi connectivity index (χ0v) is 8.27. The van der Waals surface area contributed by atoms with Gasteiger partial charge in [0.2, 0.25) is 0 Å². The minimum atomic E-state index is -1.25. The van der Waals surface area contributed by atoms with Crippen molar-refractivity contribution in [2.24, 2.45) is 0 Å². The zero-order chi connectivity index (χ0) is 10.8. The smallest absolute Gasteiger partial charge is 0.379 e. The molecule has 14 heavy (non-hydrogen) atoms. The molecule has 0 aliphatic rings. The summed E-state index contributed by atoms with van der Waals surface area (Å²) in [5.41, 5.74) is -1.25. The van der Waals surface area contributed by atoms with Gasteiger partial charge in [-0.3, -0.25) is 0 Å². The van der Waals surface area contributed by atoms with Gasteiger partial charge in [-0.1, -0.05) is 0 Å². The summed E-state index contributed by atoms with van der Waals surface area (Å²) in [6.45, 7) is 4.88. The second-order valence-corrected chi connectivity index (χ2v) is 3.20. The van der Waals surface area contributed by atoms with Crippen LogP contribution in [0, 0.1) is 0 Å². The molecular formula is C8H12N2O4. The lowest BCUT2D eigenvalue weighted by molar-refractivity contribution is 0.0418. The number of carbonyl (C=O) groups is 1. The fraction of sp³-hybridized carbons (Fsp3) is 0.625. The Labute approximate surface area is 80.9 Å². The van der Waals surface area contributed by atoms with Gasteiger partial charge in [0.1, 0.15) is 5.60 Å². The first-order valence-corrected chi connectivity index (χ1v) is 4.19. The molecule has 1 N–H and O–H groups in total. The third-order valence-corrected chi connectivity index (χ3v) is 1.41. The highest BCUT2D eigenvalue weighted by atomic mass is 16.5. The molecule has 1 aromatic heterocycles. The topological polar surface area (TPSA) is 85.5 Å². The van der Waals surface area contributed by atoms with Crippen LogP contribution in [-0.2, 0) is 10.3 Å². The molecule has 78 valence electrons. The van der Waals surface area contributed by atoms with Crippen LogP contribution in [0.1, 0.15) is 37.3 Å². The van der Waals surface area contributed by atoms with E-state index in [4.69, 9.17) is 0 Å². The fourth-order valence-corrected chi connectivity index (χ4v) is 0.751. The maximum absolute atomic E-state index is 11.1. The molecule has 1 rings (SSSR count). The third-order valence-electron chi connectivity index (χ3n) is 1.41. The van der Waals surface area contributed by atoms with Crippen molar-refractivity contribution in [2.75, 3.05) is 6.61 Å². The molecule has 6 nitrogen and oxygen atoms in total. The predicted octanol–water partition coefficient (Wildman–Crippen LogP) is 0.474. The van der Waals surface area contributed by atoms with Crippen molar-refractivity contribution in [1.82, 2.24) is 10.1 Å². The molecule has 0 radical (unpaired) electrons. The van der Waals surface area contributed by atoms with Gasteiger partial charge in [0.15, 0.2) is 0 Å². The van der Waals surface area contributed by atoms with Gasteiger partial charge in [-0.15, -0.1) is 0 Å². The van der Waals surface area contributed by atoms with E-state index in [9.17, 15) is 9.90 Å². The average molecular weight is 200 g/mol. The lowest BCUT2D eigenvalue weighted by Crippen LogP contribution is -2.16. The van der Waals surface area contributed by atoms with Crippen LogP contribution >= 0.6 is 0 Å². The number of ether oxygens (including phenoxy) is 1. The molecule has 0 unspecified atom stereocenters. The largest absolute Gasteiger partial charge is 0.460 e. The van der Waals surface area contributed by atoms with Crippen LogP contribution in [0.2, 0.25) is 0 Å². The molecule has 0 atom stereocenters. The highest BCUT2D eigenvalue weighted by molar-refractivity contribution is 5.84. The molecule has 0 saturated heterocycles. The van der Waals surface area contributed by atoms with Crippen molar-refractivity contribution in [2.45, 2.75) is 26.4 Å². The number of nitrogens with zero attached hydrogens (tertiary/aromatic N) is 2. The third kappa shape index (κ3) is 2.29. The van der Waals surface area contributed by atoms with Crippen molar-refractivity contribution in [3.05, 3.63) is 11.7 Å². The van der Waals surface area contributed by atoms with E-state index in [1.54, 1.807) is 6.92 Å². The monoisotopic (exact) mass is 200 g/mol. The molecule has 0 amide bonds. The Morgan fingerprint density at radius 3 is 2.71 bits per heavy atom. The van der Waals surface area contributed by atoms with E-state index in [1.165, 1.54) is 13.8 Å².